The van der Waals surface area contributed by atoms with Gasteiger partial charge in [0.1, 0.15) is 0 Å². The maximum atomic E-state index is 10.5. The van der Waals surface area contributed by atoms with Crippen LogP contribution in [-0.2, 0) is 9.53 Å². The lowest BCUT2D eigenvalue weighted by Gasteiger charge is -1.97. The van der Waals surface area contributed by atoms with Gasteiger partial charge in [-0.25, -0.2) is 0 Å². The molecule has 0 aromatic rings. The summed E-state index contributed by atoms with van der Waals surface area (Å²) in [6.07, 6.45) is 0.0420. The van der Waals surface area contributed by atoms with Crippen molar-refractivity contribution < 1.29 is 9.53 Å². The maximum absolute atomic E-state index is 10.5. The van der Waals surface area contributed by atoms with Crippen molar-refractivity contribution in [2.45, 2.75) is 6.42 Å². The van der Waals surface area contributed by atoms with Gasteiger partial charge in [-0.15, -0.1) is 0 Å². The van der Waals surface area contributed by atoms with Crippen molar-refractivity contribution in [3.63, 3.8) is 0 Å². The largest absolute Gasteiger partial charge is 0.381 e. The molecule has 0 saturated heterocycles. The third-order valence-corrected chi connectivity index (χ3v) is 1.02. The first-order valence-electron chi connectivity index (χ1n) is 3.47. The van der Waals surface area contributed by atoms with Gasteiger partial charge in [0.05, 0.1) is 13.2 Å². The van der Waals surface area contributed by atoms with Crippen LogP contribution in [0.4, 0.5) is 0 Å². The van der Waals surface area contributed by atoms with Crippen molar-refractivity contribution in [2.24, 2.45) is 10.2 Å². The van der Waals surface area contributed by atoms with E-state index in [-0.39, 0.29) is 26.2 Å². The van der Waals surface area contributed by atoms with Gasteiger partial charge in [0.25, 0.3) is 0 Å². The van der Waals surface area contributed by atoms with Crippen LogP contribution in [0.1, 0.15) is 6.42 Å². The second kappa shape index (κ2) is 8.35. The monoisotopic (exact) mass is 184 g/mol. The summed E-state index contributed by atoms with van der Waals surface area (Å²) in [5.74, 6) is -0.564. The highest BCUT2D eigenvalue weighted by molar-refractivity contribution is 5.76. The van der Waals surface area contributed by atoms with Gasteiger partial charge in [-0.2, -0.15) is 0 Å². The topological polar surface area (TPSA) is 124 Å². The molecule has 0 spiro atoms. The molecule has 0 unspecified atom stereocenters. The number of ether oxygens (including phenoxy) is 1. The van der Waals surface area contributed by atoms with Gasteiger partial charge in [-0.3, -0.25) is 4.79 Å². The van der Waals surface area contributed by atoms with Gasteiger partial charge < -0.3 is 4.74 Å². The molecule has 0 aliphatic carbocycles. The standard InChI is InChI=1S/C5H8N6O2/c6-10-8-2-4-13-3-1-5(12)9-11-7/h1-4H2. The first-order valence-corrected chi connectivity index (χ1v) is 3.47. The fraction of sp³-hybridized carbons (Fsp3) is 0.800. The van der Waals surface area contributed by atoms with Gasteiger partial charge in [-0.05, 0) is 16.2 Å². The van der Waals surface area contributed by atoms with E-state index in [2.05, 4.69) is 20.1 Å². The Balaban J connectivity index is 3.30. The minimum atomic E-state index is -0.564. The Morgan fingerprint density at radius 3 is 2.69 bits per heavy atom. The first kappa shape index (κ1) is 11.2. The van der Waals surface area contributed by atoms with E-state index >= 15 is 0 Å². The SMILES string of the molecule is [N-]=[N+]=NCCOCCC(=O)N=[N+]=[N-]. The molecule has 8 nitrogen and oxygen atoms in total. The smallest absolute Gasteiger partial charge is 0.221 e. The molecular weight excluding hydrogens is 176 g/mol. The number of carbonyl (C=O) groups excluding carboxylic acids is 1. The van der Waals surface area contributed by atoms with Crippen LogP contribution in [0.3, 0.4) is 0 Å². The summed E-state index contributed by atoms with van der Waals surface area (Å²) in [4.78, 5) is 15.4. The van der Waals surface area contributed by atoms with E-state index < -0.39 is 5.91 Å². The summed E-state index contributed by atoms with van der Waals surface area (Å²) in [7, 11) is 0. The molecule has 13 heavy (non-hydrogen) atoms. The fourth-order valence-electron chi connectivity index (χ4n) is 0.512. The van der Waals surface area contributed by atoms with Crippen LogP contribution < -0.4 is 0 Å². The Kier molecular flexibility index (Phi) is 7.22. The molecule has 0 aliphatic rings. The van der Waals surface area contributed by atoms with Crippen molar-refractivity contribution >= 4 is 5.91 Å². The molecule has 0 atom stereocenters. The molecule has 0 bridgehead atoms. The molecule has 8 heteroatoms. The normalized spacial score (nSPS) is 8.31. The van der Waals surface area contributed by atoms with Crippen molar-refractivity contribution in [3.05, 3.63) is 20.9 Å². The molecule has 0 aromatic carbocycles. The van der Waals surface area contributed by atoms with Crippen molar-refractivity contribution in [1.29, 1.82) is 0 Å². The summed E-state index contributed by atoms with van der Waals surface area (Å²) in [6.45, 7) is 0.651. The molecule has 1 amide bonds. The van der Waals surface area contributed by atoms with E-state index in [1.807, 2.05) is 0 Å². The average Bonchev–Trinajstić information content (AvgIpc) is 2.11. The summed E-state index contributed by atoms with van der Waals surface area (Å²) in [5.41, 5.74) is 15.7. The van der Waals surface area contributed by atoms with E-state index in [1.54, 1.807) is 0 Å². The van der Waals surface area contributed by atoms with Crippen molar-refractivity contribution in [2.75, 3.05) is 19.8 Å². The zero-order valence-electron chi connectivity index (χ0n) is 6.83. The number of nitrogens with zero attached hydrogens (tertiary/aromatic N) is 6. The molecular formula is C5H8N6O2. The molecule has 0 aliphatic heterocycles. The van der Waals surface area contributed by atoms with Gasteiger partial charge in [-0.1, -0.05) is 5.11 Å². The summed E-state index contributed by atoms with van der Waals surface area (Å²) in [5, 5.41) is 6.05. The van der Waals surface area contributed by atoms with Crippen LogP contribution in [0.25, 0.3) is 20.9 Å². The lowest BCUT2D eigenvalue weighted by molar-refractivity contribution is -0.118. The molecule has 0 saturated carbocycles. The molecule has 0 fully saturated rings. The van der Waals surface area contributed by atoms with Crippen LogP contribution in [0.5, 0.6) is 0 Å². The summed E-state index contributed by atoms with van der Waals surface area (Å²) >= 11 is 0. The zero-order chi connectivity index (χ0) is 9.94. The second-order valence-corrected chi connectivity index (χ2v) is 1.90. The van der Waals surface area contributed by atoms with Gasteiger partial charge in [0.15, 0.2) is 0 Å². The number of hydrogen-bond acceptors (Lipinski definition) is 3. The second-order valence-electron chi connectivity index (χ2n) is 1.90. The van der Waals surface area contributed by atoms with Crippen LogP contribution >= 0.6 is 0 Å². The predicted molar refractivity (Wildman–Crippen MR) is 43.6 cm³/mol. The highest BCUT2D eigenvalue weighted by Gasteiger charge is 1.96. The highest BCUT2D eigenvalue weighted by Crippen LogP contribution is 1.87. The lowest BCUT2D eigenvalue weighted by Crippen LogP contribution is -2.03. The van der Waals surface area contributed by atoms with Crippen LogP contribution in [0.2, 0.25) is 0 Å². The lowest BCUT2D eigenvalue weighted by atomic mass is 10.4. The molecule has 0 rings (SSSR count). The highest BCUT2D eigenvalue weighted by atomic mass is 16.5. The fourth-order valence-corrected chi connectivity index (χ4v) is 0.512. The van der Waals surface area contributed by atoms with E-state index in [4.69, 9.17) is 15.8 Å². The minimum Gasteiger partial charge on any atom is -0.381 e. The molecule has 0 N–H and O–H groups in total. The van der Waals surface area contributed by atoms with E-state index in [1.165, 1.54) is 0 Å². The Hall–Kier alpha value is -1.75. The molecule has 70 valence electrons. The maximum Gasteiger partial charge on any atom is 0.221 e. The Morgan fingerprint density at radius 1 is 1.31 bits per heavy atom. The predicted octanol–water partition coefficient (Wildman–Crippen LogP) is 1.54. The van der Waals surface area contributed by atoms with Gasteiger partial charge in [0, 0.05) is 22.8 Å². The molecule has 0 aromatic heterocycles. The van der Waals surface area contributed by atoms with Gasteiger partial charge in [0.2, 0.25) is 5.91 Å². The van der Waals surface area contributed by atoms with Gasteiger partial charge >= 0.3 is 0 Å². The molecule has 0 radical (unpaired) electrons. The van der Waals surface area contributed by atoms with E-state index in [0.717, 1.165) is 0 Å². The third-order valence-electron chi connectivity index (χ3n) is 1.02. The minimum absolute atomic E-state index is 0.0420. The number of hydrogen-bond donors (Lipinski definition) is 0. The Bertz CT molecular complexity index is 252. The number of amides is 1. The van der Waals surface area contributed by atoms with Crippen molar-refractivity contribution in [1.82, 2.24) is 0 Å². The first-order chi connectivity index (χ1) is 6.31. The number of carbonyl (C=O) groups is 1. The third kappa shape index (κ3) is 8.15. The number of rotatable bonds is 6. The summed E-state index contributed by atoms with van der Waals surface area (Å²) in [6, 6.07) is 0. The number of azide groups is 2. The summed E-state index contributed by atoms with van der Waals surface area (Å²) < 4.78 is 4.88. The zero-order valence-corrected chi connectivity index (χ0v) is 6.83. The Labute approximate surface area is 73.7 Å². The van der Waals surface area contributed by atoms with Crippen LogP contribution in [-0.4, -0.2) is 25.7 Å². The Morgan fingerprint density at radius 2 is 2.08 bits per heavy atom. The quantitative estimate of drug-likeness (QED) is 0.269. The van der Waals surface area contributed by atoms with Crippen LogP contribution in [0, 0.1) is 0 Å². The van der Waals surface area contributed by atoms with Crippen molar-refractivity contribution in [3.8, 4) is 0 Å². The van der Waals surface area contributed by atoms with E-state index in [0.29, 0.717) is 0 Å². The average molecular weight is 184 g/mol. The van der Waals surface area contributed by atoms with E-state index in [9.17, 15) is 4.79 Å². The molecule has 0 heterocycles. The van der Waals surface area contributed by atoms with Crippen LogP contribution in [0.15, 0.2) is 10.2 Å².